The van der Waals surface area contributed by atoms with Crippen molar-refractivity contribution in [3.8, 4) is 0 Å². The minimum atomic E-state index is -0.761. The molecule has 6 nitrogen and oxygen atoms in total. The molecule has 6 heteroatoms. The Balaban J connectivity index is 4.29. The Kier molecular flexibility index (Phi) is 38.9. The molecular formula is C47H90O6. The molecule has 0 amide bonds. The van der Waals surface area contributed by atoms with Gasteiger partial charge in [-0.05, 0) is 31.1 Å². The molecule has 0 aromatic carbocycles. The lowest BCUT2D eigenvalue weighted by molar-refractivity contribution is -0.167. The molecule has 0 aliphatic rings. The van der Waals surface area contributed by atoms with Crippen LogP contribution in [0.2, 0.25) is 0 Å². The second-order valence-corrected chi connectivity index (χ2v) is 17.0. The first-order chi connectivity index (χ1) is 25.7. The van der Waals surface area contributed by atoms with Crippen LogP contribution >= 0.6 is 0 Å². The lowest BCUT2D eigenvalue weighted by atomic mass is 10.0. The lowest BCUT2D eigenvalue weighted by Gasteiger charge is -2.18. The second kappa shape index (κ2) is 40.1. The van der Waals surface area contributed by atoms with Gasteiger partial charge in [-0.3, -0.25) is 14.4 Å². The number of hydrogen-bond acceptors (Lipinski definition) is 6. The normalized spacial score (nSPS) is 12.1. The number of hydrogen-bond donors (Lipinski definition) is 0. The highest BCUT2D eigenvalue weighted by molar-refractivity contribution is 5.71. The molecule has 314 valence electrons. The molecule has 0 N–H and O–H groups in total. The third kappa shape index (κ3) is 41.4. The monoisotopic (exact) mass is 751 g/mol. The average molecular weight is 751 g/mol. The van der Waals surface area contributed by atoms with Crippen molar-refractivity contribution >= 4 is 17.9 Å². The molecule has 0 saturated carbocycles. The third-order valence-corrected chi connectivity index (χ3v) is 10.5. The summed E-state index contributed by atoms with van der Waals surface area (Å²) in [6.07, 6.45) is 38.2. The molecule has 0 aliphatic carbocycles. The van der Waals surface area contributed by atoms with Crippen LogP contribution in [0.15, 0.2) is 0 Å². The maximum absolute atomic E-state index is 12.7. The van der Waals surface area contributed by atoms with Crippen LogP contribution in [0.1, 0.15) is 253 Å². The molecule has 0 rings (SSSR count). The molecule has 53 heavy (non-hydrogen) atoms. The topological polar surface area (TPSA) is 78.9 Å². The fraction of sp³-hybridized carbons (Fsp3) is 0.936. The molecule has 0 heterocycles. The Morgan fingerprint density at radius 2 is 0.623 bits per heavy atom. The van der Waals surface area contributed by atoms with Gasteiger partial charge in [-0.25, -0.2) is 0 Å². The number of esters is 3. The van der Waals surface area contributed by atoms with Crippen LogP contribution in [0, 0.1) is 11.8 Å². The van der Waals surface area contributed by atoms with E-state index in [1.54, 1.807) is 0 Å². The molecular weight excluding hydrogens is 661 g/mol. The van der Waals surface area contributed by atoms with Crippen molar-refractivity contribution < 1.29 is 28.6 Å². The highest BCUT2D eigenvalue weighted by Crippen LogP contribution is 2.16. The van der Waals surface area contributed by atoms with E-state index >= 15 is 0 Å². The summed E-state index contributed by atoms with van der Waals surface area (Å²) in [5.41, 5.74) is 0. The smallest absolute Gasteiger partial charge is 0.306 e. The van der Waals surface area contributed by atoms with Crippen LogP contribution in [0.5, 0.6) is 0 Å². The first-order valence-electron chi connectivity index (χ1n) is 23.2. The number of ether oxygens (including phenoxy) is 3. The van der Waals surface area contributed by atoms with Gasteiger partial charge in [0.25, 0.3) is 0 Å². The Labute approximate surface area is 329 Å². The maximum Gasteiger partial charge on any atom is 0.306 e. The van der Waals surface area contributed by atoms with Gasteiger partial charge in [0.05, 0.1) is 0 Å². The van der Waals surface area contributed by atoms with Gasteiger partial charge in [0.2, 0.25) is 0 Å². The van der Waals surface area contributed by atoms with E-state index in [4.69, 9.17) is 14.2 Å². The van der Waals surface area contributed by atoms with Gasteiger partial charge >= 0.3 is 17.9 Å². The molecule has 0 spiro atoms. The fourth-order valence-electron chi connectivity index (χ4n) is 6.93. The van der Waals surface area contributed by atoms with E-state index in [1.807, 2.05) is 0 Å². The van der Waals surface area contributed by atoms with Crippen molar-refractivity contribution in [3.05, 3.63) is 0 Å². The molecule has 0 radical (unpaired) electrons. The van der Waals surface area contributed by atoms with Gasteiger partial charge in [0.15, 0.2) is 6.10 Å². The number of carbonyl (C=O) groups is 3. The summed E-state index contributed by atoms with van der Waals surface area (Å²) in [6.45, 7) is 11.3. The summed E-state index contributed by atoms with van der Waals surface area (Å²) in [7, 11) is 0. The highest BCUT2D eigenvalue weighted by Gasteiger charge is 2.19. The zero-order chi connectivity index (χ0) is 39.0. The van der Waals surface area contributed by atoms with E-state index in [9.17, 15) is 14.4 Å². The number of unbranched alkanes of at least 4 members (excludes halogenated alkanes) is 26. The van der Waals surface area contributed by atoms with Crippen molar-refractivity contribution in [2.75, 3.05) is 13.2 Å². The maximum atomic E-state index is 12.7. The molecule has 0 aromatic rings. The number of rotatable bonds is 41. The zero-order valence-electron chi connectivity index (χ0n) is 36.1. The van der Waals surface area contributed by atoms with Crippen LogP contribution in [0.4, 0.5) is 0 Å². The van der Waals surface area contributed by atoms with Crippen molar-refractivity contribution in [2.45, 2.75) is 259 Å². The summed E-state index contributed by atoms with van der Waals surface area (Å²) in [4.78, 5) is 37.7. The summed E-state index contributed by atoms with van der Waals surface area (Å²) < 4.78 is 16.7. The first-order valence-corrected chi connectivity index (χ1v) is 23.2. The van der Waals surface area contributed by atoms with E-state index in [1.165, 1.54) is 141 Å². The quantitative estimate of drug-likeness (QED) is 0.0352. The summed E-state index contributed by atoms with van der Waals surface area (Å²) >= 11 is 0. The molecule has 1 atom stereocenters. The molecule has 0 aromatic heterocycles. The third-order valence-electron chi connectivity index (χ3n) is 10.5. The second-order valence-electron chi connectivity index (χ2n) is 17.0. The van der Waals surface area contributed by atoms with E-state index in [-0.39, 0.29) is 31.1 Å². The van der Waals surface area contributed by atoms with Crippen LogP contribution in [-0.2, 0) is 28.6 Å². The minimum absolute atomic E-state index is 0.0657. The summed E-state index contributed by atoms with van der Waals surface area (Å²) in [6, 6.07) is 0. The van der Waals surface area contributed by atoms with E-state index < -0.39 is 6.10 Å². The van der Waals surface area contributed by atoms with Gasteiger partial charge < -0.3 is 14.2 Å². The fourth-order valence-corrected chi connectivity index (χ4v) is 6.93. The average Bonchev–Trinajstić information content (AvgIpc) is 3.12. The van der Waals surface area contributed by atoms with Gasteiger partial charge in [-0.1, -0.05) is 214 Å². The highest BCUT2D eigenvalue weighted by atomic mass is 16.6. The molecule has 0 fully saturated rings. The largest absolute Gasteiger partial charge is 0.462 e. The predicted octanol–water partition coefficient (Wildman–Crippen LogP) is 14.6. The van der Waals surface area contributed by atoms with Crippen LogP contribution in [-0.4, -0.2) is 37.2 Å². The van der Waals surface area contributed by atoms with Crippen LogP contribution in [0.25, 0.3) is 0 Å². The van der Waals surface area contributed by atoms with Gasteiger partial charge in [-0.2, -0.15) is 0 Å². The SMILES string of the molecule is CCCCCCCCCCCCCCCCC(=O)OC[C@H](COC(=O)CCCCCCCCCCCC(C)C)OC(=O)CCCCCCCCC(C)C. The van der Waals surface area contributed by atoms with Crippen molar-refractivity contribution in [1.29, 1.82) is 0 Å². The zero-order valence-corrected chi connectivity index (χ0v) is 36.1. The van der Waals surface area contributed by atoms with Gasteiger partial charge in [0.1, 0.15) is 13.2 Å². The standard InChI is InChI=1S/C47H90O6/c1-6-7-8-9-10-11-12-13-14-15-18-21-27-32-37-45(48)51-40-44(53-47(50)39-34-29-24-23-26-31-36-43(4)5)41-52-46(49)38-33-28-22-19-16-17-20-25-30-35-42(2)3/h42-44H,6-41H2,1-5H3/t44-/m1/s1. The van der Waals surface area contributed by atoms with Gasteiger partial charge in [-0.15, -0.1) is 0 Å². The molecule has 0 aliphatic heterocycles. The molecule has 0 unspecified atom stereocenters. The van der Waals surface area contributed by atoms with E-state index in [0.717, 1.165) is 69.6 Å². The Hall–Kier alpha value is -1.59. The van der Waals surface area contributed by atoms with Crippen molar-refractivity contribution in [1.82, 2.24) is 0 Å². The first kappa shape index (κ1) is 51.4. The molecule has 0 bridgehead atoms. The Morgan fingerprint density at radius 3 is 0.925 bits per heavy atom. The predicted molar refractivity (Wildman–Crippen MR) is 224 cm³/mol. The Morgan fingerprint density at radius 1 is 0.358 bits per heavy atom. The van der Waals surface area contributed by atoms with Gasteiger partial charge in [0, 0.05) is 19.3 Å². The van der Waals surface area contributed by atoms with Crippen molar-refractivity contribution in [2.24, 2.45) is 11.8 Å². The number of carbonyl (C=O) groups excluding carboxylic acids is 3. The van der Waals surface area contributed by atoms with E-state index in [2.05, 4.69) is 34.6 Å². The van der Waals surface area contributed by atoms with Crippen molar-refractivity contribution in [3.63, 3.8) is 0 Å². The van der Waals surface area contributed by atoms with Crippen LogP contribution in [0.3, 0.4) is 0 Å². The molecule has 0 saturated heterocycles. The lowest BCUT2D eigenvalue weighted by Crippen LogP contribution is -2.30. The van der Waals surface area contributed by atoms with E-state index in [0.29, 0.717) is 19.3 Å². The summed E-state index contributed by atoms with van der Waals surface area (Å²) in [5.74, 6) is 0.706. The van der Waals surface area contributed by atoms with Crippen LogP contribution < -0.4 is 0 Å². The minimum Gasteiger partial charge on any atom is -0.462 e. The Bertz CT molecular complexity index is 809. The summed E-state index contributed by atoms with van der Waals surface area (Å²) in [5, 5.41) is 0.